The van der Waals surface area contributed by atoms with Crippen LogP contribution >= 0.6 is 0 Å². The van der Waals surface area contributed by atoms with Gasteiger partial charge in [0.15, 0.2) is 0 Å². The summed E-state index contributed by atoms with van der Waals surface area (Å²) in [6, 6.07) is 8.80. The molecule has 3 N–H and O–H groups in total. The number of aromatic nitrogens is 2. The van der Waals surface area contributed by atoms with Gasteiger partial charge in [-0.05, 0) is 63.4 Å². The molecule has 4 heteroatoms. The zero-order chi connectivity index (χ0) is 16.7. The number of nitrogens with zero attached hydrogens (tertiary/aromatic N) is 2. The number of nitrogens with two attached hydrogens (primary N) is 1. The highest BCUT2D eigenvalue weighted by Crippen LogP contribution is 2.16. The number of nitrogens with one attached hydrogen (secondary N) is 1. The van der Waals surface area contributed by atoms with Gasteiger partial charge in [0.2, 0.25) is 0 Å². The SMILES string of the molecule is Cc1cnc(CC(CCCN)NC(C)c2ccccn2)c(C)c1. The van der Waals surface area contributed by atoms with E-state index in [2.05, 4.69) is 48.2 Å². The van der Waals surface area contributed by atoms with Crippen LogP contribution in [0.3, 0.4) is 0 Å². The Labute approximate surface area is 139 Å². The lowest BCUT2D eigenvalue weighted by atomic mass is 10.0. The van der Waals surface area contributed by atoms with Gasteiger partial charge < -0.3 is 11.1 Å². The molecule has 0 saturated carbocycles. The van der Waals surface area contributed by atoms with Gasteiger partial charge in [-0.2, -0.15) is 0 Å². The van der Waals surface area contributed by atoms with Crippen molar-refractivity contribution in [1.29, 1.82) is 0 Å². The van der Waals surface area contributed by atoms with Crippen molar-refractivity contribution in [3.63, 3.8) is 0 Å². The van der Waals surface area contributed by atoms with E-state index in [0.29, 0.717) is 6.04 Å². The average molecular weight is 312 g/mol. The van der Waals surface area contributed by atoms with Crippen LogP contribution in [0, 0.1) is 13.8 Å². The monoisotopic (exact) mass is 312 g/mol. The van der Waals surface area contributed by atoms with Crippen molar-refractivity contribution in [3.8, 4) is 0 Å². The molecule has 0 aliphatic rings. The van der Waals surface area contributed by atoms with Crippen molar-refractivity contribution in [3.05, 3.63) is 59.2 Å². The number of aryl methyl sites for hydroxylation is 2. The molecule has 0 spiro atoms. The summed E-state index contributed by atoms with van der Waals surface area (Å²) in [6.07, 6.45) is 6.77. The van der Waals surface area contributed by atoms with Crippen molar-refractivity contribution in [1.82, 2.24) is 15.3 Å². The summed E-state index contributed by atoms with van der Waals surface area (Å²) in [4.78, 5) is 9.06. The second kappa shape index (κ2) is 8.75. The fourth-order valence-electron chi connectivity index (χ4n) is 2.87. The van der Waals surface area contributed by atoms with Crippen molar-refractivity contribution in [2.45, 2.75) is 52.1 Å². The molecule has 2 heterocycles. The van der Waals surface area contributed by atoms with Gasteiger partial charge in [-0.3, -0.25) is 9.97 Å². The summed E-state index contributed by atoms with van der Waals surface area (Å²) in [5.74, 6) is 0. The third kappa shape index (κ3) is 5.41. The normalized spacial score (nSPS) is 13.7. The summed E-state index contributed by atoms with van der Waals surface area (Å²) >= 11 is 0. The first-order valence-electron chi connectivity index (χ1n) is 8.39. The molecule has 2 aromatic heterocycles. The first-order valence-corrected chi connectivity index (χ1v) is 8.39. The number of hydrogen-bond acceptors (Lipinski definition) is 4. The van der Waals surface area contributed by atoms with Crippen molar-refractivity contribution < 1.29 is 0 Å². The highest BCUT2D eigenvalue weighted by Gasteiger charge is 2.16. The molecule has 0 radical (unpaired) electrons. The lowest BCUT2D eigenvalue weighted by Crippen LogP contribution is -2.34. The second-order valence-corrected chi connectivity index (χ2v) is 6.25. The molecule has 0 saturated heterocycles. The molecule has 4 nitrogen and oxygen atoms in total. The second-order valence-electron chi connectivity index (χ2n) is 6.25. The lowest BCUT2D eigenvalue weighted by molar-refractivity contribution is 0.413. The van der Waals surface area contributed by atoms with Crippen LogP contribution in [0.4, 0.5) is 0 Å². The zero-order valence-corrected chi connectivity index (χ0v) is 14.4. The summed E-state index contributed by atoms with van der Waals surface area (Å²) in [5, 5.41) is 3.70. The molecule has 124 valence electrons. The van der Waals surface area contributed by atoms with Crippen LogP contribution in [0.5, 0.6) is 0 Å². The lowest BCUT2D eigenvalue weighted by Gasteiger charge is -2.23. The quantitative estimate of drug-likeness (QED) is 0.786. The van der Waals surface area contributed by atoms with Gasteiger partial charge in [-0.15, -0.1) is 0 Å². The third-order valence-electron chi connectivity index (χ3n) is 4.14. The molecule has 2 unspecified atom stereocenters. The van der Waals surface area contributed by atoms with E-state index in [9.17, 15) is 0 Å². The first-order chi connectivity index (χ1) is 11.1. The number of rotatable bonds is 8. The predicted octanol–water partition coefficient (Wildman–Crippen LogP) is 3.09. The fraction of sp³-hybridized carbons (Fsp3) is 0.474. The predicted molar refractivity (Wildman–Crippen MR) is 95.3 cm³/mol. The van der Waals surface area contributed by atoms with Crippen LogP contribution in [-0.2, 0) is 6.42 Å². The van der Waals surface area contributed by atoms with E-state index in [1.165, 1.54) is 16.8 Å². The van der Waals surface area contributed by atoms with Crippen molar-refractivity contribution in [2.24, 2.45) is 5.73 Å². The summed E-state index contributed by atoms with van der Waals surface area (Å²) in [6.45, 7) is 7.10. The van der Waals surface area contributed by atoms with E-state index in [-0.39, 0.29) is 6.04 Å². The minimum Gasteiger partial charge on any atom is -0.330 e. The Kier molecular flexibility index (Phi) is 6.68. The van der Waals surface area contributed by atoms with Gasteiger partial charge in [0.25, 0.3) is 0 Å². The molecular weight excluding hydrogens is 284 g/mol. The Bertz CT molecular complexity index is 598. The van der Waals surface area contributed by atoms with Crippen LogP contribution in [0.2, 0.25) is 0 Å². The minimum atomic E-state index is 0.213. The minimum absolute atomic E-state index is 0.213. The smallest absolute Gasteiger partial charge is 0.0570 e. The Morgan fingerprint density at radius 2 is 2.04 bits per heavy atom. The van der Waals surface area contributed by atoms with Gasteiger partial charge in [-0.1, -0.05) is 12.1 Å². The van der Waals surface area contributed by atoms with Gasteiger partial charge in [0.1, 0.15) is 0 Å². The highest BCUT2D eigenvalue weighted by molar-refractivity contribution is 5.24. The Morgan fingerprint density at radius 3 is 2.70 bits per heavy atom. The summed E-state index contributed by atoms with van der Waals surface area (Å²) in [5.41, 5.74) is 10.4. The Morgan fingerprint density at radius 1 is 1.22 bits per heavy atom. The Balaban J connectivity index is 2.07. The van der Waals surface area contributed by atoms with Crippen LogP contribution in [0.1, 0.15) is 48.3 Å². The van der Waals surface area contributed by atoms with Gasteiger partial charge in [-0.25, -0.2) is 0 Å². The maximum Gasteiger partial charge on any atom is 0.0570 e. The van der Waals surface area contributed by atoms with E-state index in [0.717, 1.165) is 31.5 Å². The largest absolute Gasteiger partial charge is 0.330 e. The van der Waals surface area contributed by atoms with Crippen LogP contribution in [0.15, 0.2) is 36.7 Å². The van der Waals surface area contributed by atoms with Crippen LogP contribution in [-0.4, -0.2) is 22.6 Å². The standard InChI is InChI=1S/C19H28N4/c1-14-11-15(2)19(22-13-14)12-17(7-6-9-20)23-16(3)18-8-4-5-10-21-18/h4-5,8,10-11,13,16-17,23H,6-7,9,12,20H2,1-3H3. The molecule has 0 amide bonds. The third-order valence-corrected chi connectivity index (χ3v) is 4.14. The van der Waals surface area contributed by atoms with Gasteiger partial charge >= 0.3 is 0 Å². The molecule has 0 aliphatic carbocycles. The average Bonchev–Trinajstić information content (AvgIpc) is 2.55. The van der Waals surface area contributed by atoms with Crippen molar-refractivity contribution >= 4 is 0 Å². The van der Waals surface area contributed by atoms with E-state index >= 15 is 0 Å². The molecule has 0 bridgehead atoms. The van der Waals surface area contributed by atoms with Gasteiger partial charge in [0, 0.05) is 36.6 Å². The molecule has 23 heavy (non-hydrogen) atoms. The maximum atomic E-state index is 5.71. The molecular formula is C19H28N4. The Hall–Kier alpha value is -1.78. The molecule has 2 atom stereocenters. The van der Waals surface area contributed by atoms with Gasteiger partial charge in [0.05, 0.1) is 5.69 Å². The van der Waals surface area contributed by atoms with E-state index < -0.39 is 0 Å². The molecule has 2 aromatic rings. The highest BCUT2D eigenvalue weighted by atomic mass is 15.0. The zero-order valence-electron chi connectivity index (χ0n) is 14.4. The summed E-state index contributed by atoms with van der Waals surface area (Å²) in [7, 11) is 0. The number of pyridine rings is 2. The topological polar surface area (TPSA) is 63.8 Å². The molecule has 0 aromatic carbocycles. The molecule has 2 rings (SSSR count). The first kappa shape index (κ1) is 17.6. The number of hydrogen-bond donors (Lipinski definition) is 2. The fourth-order valence-corrected chi connectivity index (χ4v) is 2.87. The molecule has 0 aliphatic heterocycles. The summed E-state index contributed by atoms with van der Waals surface area (Å²) < 4.78 is 0. The van der Waals surface area contributed by atoms with E-state index in [1.807, 2.05) is 24.5 Å². The van der Waals surface area contributed by atoms with Crippen molar-refractivity contribution in [2.75, 3.05) is 6.54 Å². The van der Waals surface area contributed by atoms with Crippen LogP contribution in [0.25, 0.3) is 0 Å². The van der Waals surface area contributed by atoms with E-state index in [1.54, 1.807) is 0 Å². The van der Waals surface area contributed by atoms with E-state index in [4.69, 9.17) is 5.73 Å². The molecule has 0 fully saturated rings. The maximum absolute atomic E-state index is 5.71. The van der Waals surface area contributed by atoms with Crippen LogP contribution < -0.4 is 11.1 Å².